The Hall–Kier alpha value is -2.91. The molecule has 1 aliphatic heterocycles. The summed E-state index contributed by atoms with van der Waals surface area (Å²) in [6.45, 7) is 0.396. The fourth-order valence-corrected chi connectivity index (χ4v) is 3.73. The molecule has 0 aromatic heterocycles. The third-order valence-electron chi connectivity index (χ3n) is 4.90. The van der Waals surface area contributed by atoms with Crippen LogP contribution < -0.4 is 5.32 Å². The van der Waals surface area contributed by atoms with Gasteiger partial charge in [0.05, 0.1) is 18.0 Å². The lowest BCUT2D eigenvalue weighted by Crippen LogP contribution is -2.50. The minimum absolute atomic E-state index is 0.0388. The van der Waals surface area contributed by atoms with Crippen LogP contribution in [-0.4, -0.2) is 18.6 Å². The summed E-state index contributed by atoms with van der Waals surface area (Å²) in [5.41, 5.74) is 2.85. The van der Waals surface area contributed by atoms with Crippen LogP contribution in [0, 0.1) is 0 Å². The number of hydrogen-bond donors (Lipinski definition) is 1. The zero-order valence-electron chi connectivity index (χ0n) is 14.5. The minimum atomic E-state index is -0.553. The Morgan fingerprint density at radius 3 is 1.50 bits per heavy atom. The van der Waals surface area contributed by atoms with Gasteiger partial charge in [0.15, 0.2) is 0 Å². The van der Waals surface area contributed by atoms with E-state index in [1.54, 1.807) is 0 Å². The largest absolute Gasteiger partial charge is 0.464 e. The van der Waals surface area contributed by atoms with Crippen LogP contribution in [0.5, 0.6) is 0 Å². The first-order valence-corrected chi connectivity index (χ1v) is 8.89. The Morgan fingerprint density at radius 1 is 0.731 bits per heavy atom. The van der Waals surface area contributed by atoms with Crippen molar-refractivity contribution < 1.29 is 9.53 Å². The molecule has 0 radical (unpaired) electrons. The van der Waals surface area contributed by atoms with E-state index >= 15 is 0 Å². The molecule has 0 spiro atoms. The Bertz CT molecular complexity index is 766. The van der Waals surface area contributed by atoms with Crippen molar-refractivity contribution in [2.45, 2.75) is 18.0 Å². The van der Waals surface area contributed by atoms with Gasteiger partial charge in [0.1, 0.15) is 6.61 Å². The van der Waals surface area contributed by atoms with Crippen molar-refractivity contribution in [1.29, 1.82) is 0 Å². The highest BCUT2D eigenvalue weighted by Gasteiger charge is 2.40. The van der Waals surface area contributed by atoms with Crippen LogP contribution in [0.4, 0.5) is 0 Å². The highest BCUT2D eigenvalue weighted by atomic mass is 16.5. The second-order valence-electron chi connectivity index (χ2n) is 6.58. The lowest BCUT2D eigenvalue weighted by molar-refractivity contribution is -0.137. The van der Waals surface area contributed by atoms with Gasteiger partial charge in [-0.1, -0.05) is 91.0 Å². The maximum Gasteiger partial charge on any atom is 0.307 e. The SMILES string of the molecule is O=C1C[C@H](NC(c2ccccc2)(c2ccccc2)c2ccccc2)CO1. The molecule has 1 N–H and O–H groups in total. The summed E-state index contributed by atoms with van der Waals surface area (Å²) in [6, 6.07) is 31.1. The number of ether oxygens (including phenoxy) is 1. The van der Waals surface area contributed by atoms with Gasteiger partial charge in [-0.3, -0.25) is 10.1 Å². The summed E-state index contributed by atoms with van der Waals surface area (Å²) in [5, 5.41) is 3.76. The first-order chi connectivity index (χ1) is 12.8. The Kier molecular flexibility index (Phi) is 4.55. The molecule has 26 heavy (non-hydrogen) atoms. The third kappa shape index (κ3) is 3.02. The van der Waals surface area contributed by atoms with Crippen molar-refractivity contribution in [1.82, 2.24) is 5.32 Å². The number of carbonyl (C=O) groups is 1. The van der Waals surface area contributed by atoms with Crippen molar-refractivity contribution >= 4 is 5.97 Å². The van der Waals surface area contributed by atoms with Gasteiger partial charge in [0, 0.05) is 0 Å². The van der Waals surface area contributed by atoms with Gasteiger partial charge in [-0.05, 0) is 16.7 Å². The Morgan fingerprint density at radius 2 is 1.15 bits per heavy atom. The molecule has 0 aliphatic carbocycles. The van der Waals surface area contributed by atoms with Crippen LogP contribution in [-0.2, 0) is 15.1 Å². The van der Waals surface area contributed by atoms with E-state index in [9.17, 15) is 4.79 Å². The molecule has 3 heteroatoms. The normalized spacial score (nSPS) is 17.1. The molecule has 0 bridgehead atoms. The maximum absolute atomic E-state index is 11.7. The molecule has 0 unspecified atom stereocenters. The van der Waals surface area contributed by atoms with Gasteiger partial charge >= 0.3 is 5.97 Å². The van der Waals surface area contributed by atoms with E-state index in [2.05, 4.69) is 41.7 Å². The molecule has 4 rings (SSSR count). The molecule has 3 aromatic rings. The first kappa shape index (κ1) is 16.6. The average Bonchev–Trinajstić information content (AvgIpc) is 3.13. The number of carbonyl (C=O) groups excluding carboxylic acids is 1. The Labute approximate surface area is 153 Å². The quantitative estimate of drug-likeness (QED) is 0.564. The Balaban J connectivity index is 1.92. The predicted octanol–water partition coefficient (Wildman–Crippen LogP) is 3.88. The van der Waals surface area contributed by atoms with Gasteiger partial charge in [-0.25, -0.2) is 0 Å². The fourth-order valence-electron chi connectivity index (χ4n) is 3.73. The van der Waals surface area contributed by atoms with E-state index < -0.39 is 5.54 Å². The van der Waals surface area contributed by atoms with Crippen LogP contribution in [0.15, 0.2) is 91.0 Å². The molecule has 3 aromatic carbocycles. The zero-order chi connectivity index (χ0) is 17.8. The topological polar surface area (TPSA) is 38.3 Å². The monoisotopic (exact) mass is 343 g/mol. The maximum atomic E-state index is 11.7. The molecule has 0 saturated carbocycles. The summed E-state index contributed by atoms with van der Waals surface area (Å²) in [4.78, 5) is 11.7. The van der Waals surface area contributed by atoms with Gasteiger partial charge in [0.2, 0.25) is 0 Å². The molecule has 0 amide bonds. The second-order valence-corrected chi connectivity index (χ2v) is 6.58. The number of rotatable bonds is 5. The molecule has 1 aliphatic rings. The van der Waals surface area contributed by atoms with Crippen LogP contribution in [0.1, 0.15) is 23.1 Å². The highest BCUT2D eigenvalue weighted by Crippen LogP contribution is 2.37. The van der Waals surface area contributed by atoms with E-state index in [4.69, 9.17) is 4.74 Å². The number of nitrogens with one attached hydrogen (secondary N) is 1. The second kappa shape index (κ2) is 7.14. The summed E-state index contributed by atoms with van der Waals surface area (Å²) < 4.78 is 5.22. The van der Waals surface area contributed by atoms with Crippen LogP contribution in [0.3, 0.4) is 0 Å². The van der Waals surface area contributed by atoms with Crippen LogP contribution in [0.25, 0.3) is 0 Å². The van der Waals surface area contributed by atoms with Gasteiger partial charge < -0.3 is 4.74 Å². The predicted molar refractivity (Wildman–Crippen MR) is 102 cm³/mol. The van der Waals surface area contributed by atoms with E-state index in [0.717, 1.165) is 16.7 Å². The van der Waals surface area contributed by atoms with E-state index in [0.29, 0.717) is 13.0 Å². The summed E-state index contributed by atoms with van der Waals surface area (Å²) in [7, 11) is 0. The number of hydrogen-bond acceptors (Lipinski definition) is 3. The summed E-state index contributed by atoms with van der Waals surface area (Å²) in [5.74, 6) is -0.148. The number of esters is 1. The average molecular weight is 343 g/mol. The lowest BCUT2D eigenvalue weighted by atomic mass is 9.76. The zero-order valence-corrected chi connectivity index (χ0v) is 14.5. The van der Waals surface area contributed by atoms with Gasteiger partial charge in [0.25, 0.3) is 0 Å². The molecule has 1 heterocycles. The summed E-state index contributed by atoms with van der Waals surface area (Å²) in [6.07, 6.45) is 0.383. The molecular weight excluding hydrogens is 322 g/mol. The smallest absolute Gasteiger partial charge is 0.307 e. The summed E-state index contributed by atoms with van der Waals surface area (Å²) >= 11 is 0. The molecule has 1 saturated heterocycles. The van der Waals surface area contributed by atoms with E-state index in [1.165, 1.54) is 0 Å². The highest BCUT2D eigenvalue weighted by molar-refractivity contribution is 5.72. The molecule has 3 nitrogen and oxygen atoms in total. The lowest BCUT2D eigenvalue weighted by Gasteiger charge is -2.38. The van der Waals surface area contributed by atoms with Crippen molar-refractivity contribution in [3.8, 4) is 0 Å². The van der Waals surface area contributed by atoms with Gasteiger partial charge in [-0.15, -0.1) is 0 Å². The van der Waals surface area contributed by atoms with Crippen molar-refractivity contribution in [2.75, 3.05) is 6.61 Å². The van der Waals surface area contributed by atoms with Crippen molar-refractivity contribution in [3.05, 3.63) is 108 Å². The standard InChI is InChI=1S/C23H21NO2/c25-22-16-21(17-26-22)24-23(18-10-4-1-5-11-18,19-12-6-2-7-13-19)20-14-8-3-9-15-20/h1-15,21,24H,16-17H2/t21-/m0/s1. The van der Waals surface area contributed by atoms with Crippen molar-refractivity contribution in [2.24, 2.45) is 0 Å². The molecule has 130 valence electrons. The molecule has 1 fully saturated rings. The van der Waals surface area contributed by atoms with Crippen molar-refractivity contribution in [3.63, 3.8) is 0 Å². The molecule has 1 atom stereocenters. The van der Waals surface area contributed by atoms with E-state index in [-0.39, 0.29) is 12.0 Å². The fraction of sp³-hybridized carbons (Fsp3) is 0.174. The van der Waals surface area contributed by atoms with Crippen LogP contribution >= 0.6 is 0 Å². The minimum Gasteiger partial charge on any atom is -0.464 e. The third-order valence-corrected chi connectivity index (χ3v) is 4.90. The van der Waals surface area contributed by atoms with E-state index in [1.807, 2.05) is 54.6 Å². The van der Waals surface area contributed by atoms with Gasteiger partial charge in [-0.2, -0.15) is 0 Å². The number of benzene rings is 3. The number of cyclic esters (lactones) is 1. The van der Waals surface area contributed by atoms with Crippen LogP contribution in [0.2, 0.25) is 0 Å². The molecular formula is C23H21NO2. The first-order valence-electron chi connectivity index (χ1n) is 8.89.